The number of hydrogen-bond acceptors (Lipinski definition) is 5. The Morgan fingerprint density at radius 2 is 2.28 bits per heavy atom. The smallest absolute Gasteiger partial charge is 0.134 e. The molecule has 1 aliphatic carbocycles. The van der Waals surface area contributed by atoms with Crippen LogP contribution in [0.5, 0.6) is 0 Å². The molecule has 1 aliphatic rings. The Morgan fingerprint density at radius 1 is 1.44 bits per heavy atom. The number of ether oxygens (including phenoxy) is 1. The minimum Gasteiger partial charge on any atom is -0.383 e. The zero-order chi connectivity index (χ0) is 12.8. The van der Waals surface area contributed by atoms with E-state index in [2.05, 4.69) is 27.1 Å². The van der Waals surface area contributed by atoms with Crippen LogP contribution in [0.2, 0.25) is 0 Å². The van der Waals surface area contributed by atoms with Crippen LogP contribution in [0.3, 0.4) is 0 Å². The number of nitrogens with zero attached hydrogens (tertiary/aromatic N) is 3. The lowest BCUT2D eigenvalue weighted by atomic mass is 10.4. The highest BCUT2D eigenvalue weighted by Crippen LogP contribution is 2.30. The summed E-state index contributed by atoms with van der Waals surface area (Å²) >= 11 is 0. The van der Waals surface area contributed by atoms with Crippen LogP contribution in [0, 0.1) is 0 Å². The van der Waals surface area contributed by atoms with E-state index >= 15 is 0 Å². The molecule has 0 bridgehead atoms. The van der Waals surface area contributed by atoms with Gasteiger partial charge in [0.15, 0.2) is 0 Å². The molecule has 100 valence electrons. The fourth-order valence-corrected chi connectivity index (χ4v) is 1.91. The summed E-state index contributed by atoms with van der Waals surface area (Å²) in [7, 11) is 1.74. The number of anilines is 2. The highest BCUT2D eigenvalue weighted by atomic mass is 16.5. The third kappa shape index (κ3) is 3.57. The largest absolute Gasteiger partial charge is 0.383 e. The van der Waals surface area contributed by atoms with E-state index in [4.69, 9.17) is 4.74 Å². The van der Waals surface area contributed by atoms with Crippen molar-refractivity contribution in [3.63, 3.8) is 0 Å². The number of hydrogen-bond donors (Lipinski definition) is 1. The molecule has 1 N–H and O–H groups in total. The zero-order valence-electron chi connectivity index (χ0n) is 11.2. The Hall–Kier alpha value is -1.36. The van der Waals surface area contributed by atoms with E-state index in [1.54, 1.807) is 13.4 Å². The van der Waals surface area contributed by atoms with Crippen LogP contribution in [0.15, 0.2) is 12.4 Å². The first-order valence-corrected chi connectivity index (χ1v) is 6.66. The van der Waals surface area contributed by atoms with Crippen molar-refractivity contribution in [2.75, 3.05) is 37.0 Å². The maximum atomic E-state index is 5.17. The molecular weight excluding hydrogens is 228 g/mol. The van der Waals surface area contributed by atoms with Gasteiger partial charge in [-0.15, -0.1) is 0 Å². The van der Waals surface area contributed by atoms with Crippen LogP contribution in [0.1, 0.15) is 26.2 Å². The van der Waals surface area contributed by atoms with Crippen molar-refractivity contribution in [3.8, 4) is 0 Å². The van der Waals surface area contributed by atoms with Gasteiger partial charge in [-0.05, 0) is 19.3 Å². The highest BCUT2D eigenvalue weighted by molar-refractivity contribution is 5.49. The first kappa shape index (κ1) is 13.1. The molecule has 0 saturated heterocycles. The van der Waals surface area contributed by atoms with E-state index in [0.717, 1.165) is 37.8 Å². The standard InChI is InChI=1S/C13H22N4O/c1-3-6-14-12-9-13(16-10-15-12)17(7-8-18-2)11-4-5-11/h9-11H,3-8H2,1-2H3,(H,14,15,16). The molecule has 5 heteroatoms. The van der Waals surface area contributed by atoms with E-state index in [1.807, 2.05) is 6.07 Å². The van der Waals surface area contributed by atoms with Crippen molar-refractivity contribution < 1.29 is 4.74 Å². The number of methoxy groups -OCH3 is 1. The molecule has 5 nitrogen and oxygen atoms in total. The summed E-state index contributed by atoms with van der Waals surface area (Å²) in [5, 5.41) is 3.30. The van der Waals surface area contributed by atoms with Crippen LogP contribution < -0.4 is 10.2 Å². The van der Waals surface area contributed by atoms with E-state index in [-0.39, 0.29) is 0 Å². The van der Waals surface area contributed by atoms with Gasteiger partial charge in [0, 0.05) is 32.3 Å². The molecule has 0 unspecified atom stereocenters. The Morgan fingerprint density at radius 3 is 2.94 bits per heavy atom. The molecule has 1 aromatic rings. The Bertz CT molecular complexity index is 368. The SMILES string of the molecule is CCCNc1cc(N(CCOC)C2CC2)ncn1. The van der Waals surface area contributed by atoms with E-state index in [0.29, 0.717) is 6.04 Å². The first-order valence-electron chi connectivity index (χ1n) is 6.66. The van der Waals surface area contributed by atoms with Gasteiger partial charge in [0.25, 0.3) is 0 Å². The Balaban J connectivity index is 2.03. The van der Waals surface area contributed by atoms with Crippen molar-refractivity contribution in [2.45, 2.75) is 32.2 Å². The van der Waals surface area contributed by atoms with Gasteiger partial charge in [-0.1, -0.05) is 6.92 Å². The van der Waals surface area contributed by atoms with Gasteiger partial charge in [0.1, 0.15) is 18.0 Å². The molecule has 1 fully saturated rings. The molecule has 0 aromatic carbocycles. The van der Waals surface area contributed by atoms with Gasteiger partial charge in [0.05, 0.1) is 6.61 Å². The Kier molecular flexibility index (Phi) is 4.75. The molecule has 1 heterocycles. The lowest BCUT2D eigenvalue weighted by Gasteiger charge is -2.23. The third-order valence-electron chi connectivity index (χ3n) is 3.03. The lowest BCUT2D eigenvalue weighted by molar-refractivity contribution is 0.204. The molecule has 0 amide bonds. The van der Waals surface area contributed by atoms with Crippen molar-refractivity contribution in [1.29, 1.82) is 0 Å². The summed E-state index contributed by atoms with van der Waals surface area (Å²) in [6, 6.07) is 2.66. The van der Waals surface area contributed by atoms with Crippen LogP contribution in [-0.4, -0.2) is 42.8 Å². The van der Waals surface area contributed by atoms with Crippen LogP contribution in [-0.2, 0) is 4.74 Å². The van der Waals surface area contributed by atoms with Crippen molar-refractivity contribution >= 4 is 11.6 Å². The second-order valence-electron chi connectivity index (χ2n) is 4.61. The number of aromatic nitrogens is 2. The van der Waals surface area contributed by atoms with Crippen molar-refractivity contribution in [1.82, 2.24) is 9.97 Å². The molecular formula is C13H22N4O. The van der Waals surface area contributed by atoms with Crippen LogP contribution in [0.4, 0.5) is 11.6 Å². The Labute approximate surface area is 109 Å². The highest BCUT2D eigenvalue weighted by Gasteiger charge is 2.29. The molecule has 0 aliphatic heterocycles. The van der Waals surface area contributed by atoms with Gasteiger partial charge in [-0.3, -0.25) is 0 Å². The average molecular weight is 250 g/mol. The number of rotatable bonds is 8. The fraction of sp³-hybridized carbons (Fsp3) is 0.692. The van der Waals surface area contributed by atoms with E-state index < -0.39 is 0 Å². The first-order chi connectivity index (χ1) is 8.85. The van der Waals surface area contributed by atoms with Crippen molar-refractivity contribution in [3.05, 3.63) is 12.4 Å². The van der Waals surface area contributed by atoms with Gasteiger partial charge < -0.3 is 15.0 Å². The minimum absolute atomic E-state index is 0.633. The average Bonchev–Trinajstić information content (AvgIpc) is 3.22. The van der Waals surface area contributed by atoms with Gasteiger partial charge in [-0.2, -0.15) is 0 Å². The maximum Gasteiger partial charge on any atom is 0.134 e. The summed E-state index contributed by atoms with van der Waals surface area (Å²) in [5.74, 6) is 1.91. The predicted octanol–water partition coefficient (Wildman–Crippen LogP) is 1.91. The summed E-state index contributed by atoms with van der Waals surface area (Å²) in [6.07, 6.45) is 5.24. The van der Waals surface area contributed by atoms with Crippen LogP contribution >= 0.6 is 0 Å². The molecule has 0 atom stereocenters. The van der Waals surface area contributed by atoms with Crippen LogP contribution in [0.25, 0.3) is 0 Å². The molecule has 0 radical (unpaired) electrons. The summed E-state index contributed by atoms with van der Waals surface area (Å²) in [6.45, 7) is 4.71. The molecule has 1 aromatic heterocycles. The van der Waals surface area contributed by atoms with E-state index in [1.165, 1.54) is 12.8 Å². The summed E-state index contributed by atoms with van der Waals surface area (Å²) in [5.41, 5.74) is 0. The summed E-state index contributed by atoms with van der Waals surface area (Å²) < 4.78 is 5.17. The second-order valence-corrected chi connectivity index (χ2v) is 4.61. The maximum absolute atomic E-state index is 5.17. The molecule has 18 heavy (non-hydrogen) atoms. The molecule has 1 saturated carbocycles. The zero-order valence-corrected chi connectivity index (χ0v) is 11.2. The summed E-state index contributed by atoms with van der Waals surface area (Å²) in [4.78, 5) is 10.9. The topological polar surface area (TPSA) is 50.3 Å². The van der Waals surface area contributed by atoms with Crippen molar-refractivity contribution in [2.24, 2.45) is 0 Å². The normalized spacial score (nSPS) is 14.6. The van der Waals surface area contributed by atoms with Gasteiger partial charge >= 0.3 is 0 Å². The lowest BCUT2D eigenvalue weighted by Crippen LogP contribution is -2.30. The molecule has 2 rings (SSSR count). The van der Waals surface area contributed by atoms with Gasteiger partial charge in [0.2, 0.25) is 0 Å². The molecule has 0 spiro atoms. The predicted molar refractivity (Wildman–Crippen MR) is 73.1 cm³/mol. The minimum atomic E-state index is 0.633. The third-order valence-corrected chi connectivity index (χ3v) is 3.03. The van der Waals surface area contributed by atoms with E-state index in [9.17, 15) is 0 Å². The second kappa shape index (κ2) is 6.54. The number of nitrogens with one attached hydrogen (secondary N) is 1. The quantitative estimate of drug-likeness (QED) is 0.764. The monoisotopic (exact) mass is 250 g/mol. The fourth-order valence-electron chi connectivity index (χ4n) is 1.91. The van der Waals surface area contributed by atoms with Gasteiger partial charge in [-0.25, -0.2) is 9.97 Å².